The highest BCUT2D eigenvalue weighted by Gasteiger charge is 2.26. The lowest BCUT2D eigenvalue weighted by atomic mass is 9.94. The Morgan fingerprint density at radius 1 is 1.24 bits per heavy atom. The largest absolute Gasteiger partial charge is 0.481 e. The molecule has 1 heterocycles. The summed E-state index contributed by atoms with van der Waals surface area (Å²) >= 11 is 0. The van der Waals surface area contributed by atoms with Crippen LogP contribution in [0.2, 0.25) is 0 Å². The summed E-state index contributed by atoms with van der Waals surface area (Å²) in [5.41, 5.74) is 3.83. The quantitative estimate of drug-likeness (QED) is 0.809. The van der Waals surface area contributed by atoms with E-state index in [4.69, 9.17) is 0 Å². The van der Waals surface area contributed by atoms with Gasteiger partial charge in [0.15, 0.2) is 0 Å². The predicted molar refractivity (Wildman–Crippen MR) is 95.1 cm³/mol. The number of carboxylic acids is 1. The first-order valence-corrected chi connectivity index (χ1v) is 8.37. The van der Waals surface area contributed by atoms with Gasteiger partial charge in [-0.05, 0) is 38.3 Å². The second-order valence-corrected chi connectivity index (χ2v) is 6.36. The van der Waals surface area contributed by atoms with Crippen molar-refractivity contribution in [3.63, 3.8) is 0 Å². The summed E-state index contributed by atoms with van der Waals surface area (Å²) in [6.45, 7) is 5.52. The minimum absolute atomic E-state index is 0.162. The minimum Gasteiger partial charge on any atom is -0.481 e. The first-order chi connectivity index (χ1) is 11.8. The van der Waals surface area contributed by atoms with Gasteiger partial charge in [-0.15, -0.1) is 0 Å². The summed E-state index contributed by atoms with van der Waals surface area (Å²) in [6.07, 6.45) is 0.878. The molecular formula is C19H25N3O3. The van der Waals surface area contributed by atoms with Gasteiger partial charge in [0.25, 0.3) is 0 Å². The molecule has 2 aromatic rings. The Bertz CT molecular complexity index is 753. The van der Waals surface area contributed by atoms with E-state index in [0.717, 1.165) is 22.5 Å². The van der Waals surface area contributed by atoms with Crippen molar-refractivity contribution in [3.8, 4) is 0 Å². The van der Waals surface area contributed by atoms with Crippen molar-refractivity contribution in [2.24, 2.45) is 13.0 Å². The second-order valence-electron chi connectivity index (χ2n) is 6.36. The molecule has 0 saturated heterocycles. The molecule has 0 spiro atoms. The van der Waals surface area contributed by atoms with E-state index < -0.39 is 17.9 Å². The molecule has 0 bridgehead atoms. The Labute approximate surface area is 147 Å². The third-order valence-corrected chi connectivity index (χ3v) is 4.63. The fraction of sp³-hybridized carbons (Fsp3) is 0.421. The summed E-state index contributed by atoms with van der Waals surface area (Å²) < 4.78 is 1.81. The molecule has 6 heteroatoms. The van der Waals surface area contributed by atoms with E-state index in [-0.39, 0.29) is 5.91 Å². The molecule has 134 valence electrons. The van der Waals surface area contributed by atoms with Gasteiger partial charge in [0, 0.05) is 19.2 Å². The van der Waals surface area contributed by atoms with Crippen molar-refractivity contribution in [3.05, 3.63) is 52.8 Å². The van der Waals surface area contributed by atoms with Crippen molar-refractivity contribution in [2.45, 2.75) is 39.7 Å². The Morgan fingerprint density at radius 3 is 2.40 bits per heavy atom. The summed E-state index contributed by atoms with van der Waals surface area (Å²) in [5, 5.41) is 16.6. The third kappa shape index (κ3) is 4.47. The average Bonchev–Trinajstić information content (AvgIpc) is 2.83. The van der Waals surface area contributed by atoms with Crippen LogP contribution in [0.3, 0.4) is 0 Å². The lowest BCUT2D eigenvalue weighted by Crippen LogP contribution is -2.35. The van der Waals surface area contributed by atoms with Crippen LogP contribution in [-0.4, -0.2) is 26.8 Å². The fourth-order valence-corrected chi connectivity index (χ4v) is 2.96. The second kappa shape index (κ2) is 7.96. The van der Waals surface area contributed by atoms with E-state index in [1.54, 1.807) is 6.92 Å². The van der Waals surface area contributed by atoms with Crippen molar-refractivity contribution < 1.29 is 14.7 Å². The van der Waals surface area contributed by atoms with E-state index in [2.05, 4.69) is 10.4 Å². The molecular weight excluding hydrogens is 318 g/mol. The number of nitrogens with zero attached hydrogens (tertiary/aromatic N) is 2. The highest BCUT2D eigenvalue weighted by atomic mass is 16.4. The van der Waals surface area contributed by atoms with Gasteiger partial charge in [0.2, 0.25) is 5.91 Å². The zero-order chi connectivity index (χ0) is 18.6. The molecule has 6 nitrogen and oxygen atoms in total. The number of hydrogen-bond donors (Lipinski definition) is 2. The SMILES string of the molecule is Cc1nn(C)c(C)c1CCC(=O)NC(c1ccccc1)C(C)C(=O)O. The minimum atomic E-state index is -0.937. The van der Waals surface area contributed by atoms with Gasteiger partial charge >= 0.3 is 5.97 Å². The number of aromatic nitrogens is 2. The fourth-order valence-electron chi connectivity index (χ4n) is 2.96. The van der Waals surface area contributed by atoms with Crippen molar-refractivity contribution in [1.29, 1.82) is 0 Å². The van der Waals surface area contributed by atoms with E-state index in [1.165, 1.54) is 0 Å². The molecule has 2 N–H and O–H groups in total. The molecule has 0 radical (unpaired) electrons. The highest BCUT2D eigenvalue weighted by molar-refractivity contribution is 5.78. The number of nitrogens with one attached hydrogen (secondary N) is 1. The van der Waals surface area contributed by atoms with Crippen LogP contribution in [0.25, 0.3) is 0 Å². The van der Waals surface area contributed by atoms with E-state index in [0.29, 0.717) is 12.8 Å². The number of aryl methyl sites for hydroxylation is 2. The molecule has 25 heavy (non-hydrogen) atoms. The Morgan fingerprint density at radius 2 is 1.88 bits per heavy atom. The first kappa shape index (κ1) is 18.7. The average molecular weight is 343 g/mol. The Kier molecular flexibility index (Phi) is 5.96. The first-order valence-electron chi connectivity index (χ1n) is 8.37. The van der Waals surface area contributed by atoms with Gasteiger partial charge in [0.1, 0.15) is 0 Å². The van der Waals surface area contributed by atoms with Crippen molar-refractivity contribution >= 4 is 11.9 Å². The molecule has 1 aromatic carbocycles. The van der Waals surface area contributed by atoms with Crippen LogP contribution >= 0.6 is 0 Å². The van der Waals surface area contributed by atoms with Crippen molar-refractivity contribution in [2.75, 3.05) is 0 Å². The van der Waals surface area contributed by atoms with Crippen LogP contribution in [-0.2, 0) is 23.1 Å². The highest BCUT2D eigenvalue weighted by Crippen LogP contribution is 2.22. The molecule has 2 rings (SSSR count). The third-order valence-electron chi connectivity index (χ3n) is 4.63. The molecule has 0 fully saturated rings. The molecule has 0 aliphatic heterocycles. The van der Waals surface area contributed by atoms with Crippen LogP contribution < -0.4 is 5.32 Å². The maximum absolute atomic E-state index is 12.4. The number of carbonyl (C=O) groups is 2. The summed E-state index contributed by atoms with van der Waals surface area (Å²) in [5.74, 6) is -1.81. The molecule has 2 atom stereocenters. The number of carboxylic acid groups (broad SMARTS) is 1. The summed E-state index contributed by atoms with van der Waals surface area (Å²) in [4.78, 5) is 23.8. The van der Waals surface area contributed by atoms with Gasteiger partial charge in [-0.25, -0.2) is 0 Å². The van der Waals surface area contributed by atoms with Gasteiger partial charge in [0.05, 0.1) is 17.7 Å². The van der Waals surface area contributed by atoms with Crippen LogP contribution in [0.15, 0.2) is 30.3 Å². The topological polar surface area (TPSA) is 84.2 Å². The van der Waals surface area contributed by atoms with Crippen LogP contribution in [0.4, 0.5) is 0 Å². The van der Waals surface area contributed by atoms with E-state index in [9.17, 15) is 14.7 Å². The predicted octanol–water partition coefficient (Wildman–Crippen LogP) is 2.55. The Hall–Kier alpha value is -2.63. The summed E-state index contributed by atoms with van der Waals surface area (Å²) in [6, 6.07) is 8.65. The smallest absolute Gasteiger partial charge is 0.308 e. The van der Waals surface area contributed by atoms with Gasteiger partial charge in [-0.3, -0.25) is 14.3 Å². The number of amides is 1. The summed E-state index contributed by atoms with van der Waals surface area (Å²) in [7, 11) is 1.88. The van der Waals surface area contributed by atoms with Crippen LogP contribution in [0.5, 0.6) is 0 Å². The van der Waals surface area contributed by atoms with E-state index >= 15 is 0 Å². The van der Waals surface area contributed by atoms with Gasteiger partial charge < -0.3 is 10.4 Å². The molecule has 0 aliphatic rings. The van der Waals surface area contributed by atoms with Crippen molar-refractivity contribution in [1.82, 2.24) is 15.1 Å². The Balaban J connectivity index is 2.08. The molecule has 1 aromatic heterocycles. The molecule has 0 saturated carbocycles. The number of aliphatic carboxylic acids is 1. The standard InChI is InChI=1S/C19H25N3O3/c1-12(19(24)25)18(15-8-6-5-7-9-15)20-17(23)11-10-16-13(2)21-22(4)14(16)3/h5-9,12,18H,10-11H2,1-4H3,(H,20,23)(H,24,25). The van der Waals surface area contributed by atoms with Crippen LogP contribution in [0.1, 0.15) is 41.9 Å². The number of rotatable bonds is 7. The maximum atomic E-state index is 12.4. The normalized spacial score (nSPS) is 13.3. The number of benzene rings is 1. The lowest BCUT2D eigenvalue weighted by Gasteiger charge is -2.23. The number of carbonyl (C=O) groups excluding carboxylic acids is 1. The molecule has 0 aliphatic carbocycles. The zero-order valence-corrected chi connectivity index (χ0v) is 15.1. The molecule has 1 amide bonds. The number of hydrogen-bond acceptors (Lipinski definition) is 3. The van der Waals surface area contributed by atoms with Gasteiger partial charge in [-0.2, -0.15) is 5.10 Å². The molecule has 2 unspecified atom stereocenters. The van der Waals surface area contributed by atoms with Crippen LogP contribution in [0, 0.1) is 19.8 Å². The monoisotopic (exact) mass is 343 g/mol. The van der Waals surface area contributed by atoms with Gasteiger partial charge in [-0.1, -0.05) is 30.3 Å². The lowest BCUT2D eigenvalue weighted by molar-refractivity contribution is -0.142. The zero-order valence-electron chi connectivity index (χ0n) is 15.1. The van der Waals surface area contributed by atoms with E-state index in [1.807, 2.05) is 55.9 Å². The maximum Gasteiger partial charge on any atom is 0.308 e.